The zero-order valence-corrected chi connectivity index (χ0v) is 15.5. The number of carbonyl (C=O) groups is 2. The minimum absolute atomic E-state index is 0.115. The Morgan fingerprint density at radius 3 is 2.85 bits per heavy atom. The van der Waals surface area contributed by atoms with Crippen LogP contribution in [0.4, 0.5) is 5.69 Å². The molecule has 7 heteroatoms. The Labute approximate surface area is 162 Å². The number of nitrogens with zero attached hydrogens (tertiary/aromatic N) is 1. The van der Waals surface area contributed by atoms with Crippen LogP contribution in [0.1, 0.15) is 5.56 Å². The van der Waals surface area contributed by atoms with Crippen LogP contribution in [0.25, 0.3) is 6.08 Å². The monoisotopic (exact) mass is 386 g/mol. The number of hydrogen-bond donors (Lipinski definition) is 1. The lowest BCUT2D eigenvalue weighted by Gasteiger charge is -2.30. The lowest BCUT2D eigenvalue weighted by Crippen LogP contribution is -2.44. The number of rotatable bonds is 6. The average molecular weight is 387 g/mol. The highest BCUT2D eigenvalue weighted by atomic mass is 35.5. The highest BCUT2D eigenvalue weighted by Gasteiger charge is 2.31. The van der Waals surface area contributed by atoms with Crippen molar-refractivity contribution in [3.05, 3.63) is 64.9 Å². The van der Waals surface area contributed by atoms with E-state index < -0.39 is 5.91 Å². The van der Waals surface area contributed by atoms with E-state index >= 15 is 0 Å². The van der Waals surface area contributed by atoms with Crippen molar-refractivity contribution < 1.29 is 19.1 Å². The second-order valence-corrected chi connectivity index (χ2v) is 6.30. The molecule has 0 fully saturated rings. The van der Waals surface area contributed by atoms with E-state index in [1.54, 1.807) is 49.6 Å². The molecule has 1 heterocycles. The number of ether oxygens (including phenoxy) is 2. The van der Waals surface area contributed by atoms with Crippen molar-refractivity contribution in [2.24, 2.45) is 0 Å². The van der Waals surface area contributed by atoms with Crippen LogP contribution in [0.2, 0.25) is 5.02 Å². The Kier molecular flexibility index (Phi) is 6.11. The van der Waals surface area contributed by atoms with Crippen molar-refractivity contribution in [1.29, 1.82) is 0 Å². The maximum atomic E-state index is 12.9. The summed E-state index contributed by atoms with van der Waals surface area (Å²) >= 11 is 6.01. The van der Waals surface area contributed by atoms with Crippen LogP contribution in [-0.4, -0.2) is 38.6 Å². The third-order valence-corrected chi connectivity index (χ3v) is 4.14. The van der Waals surface area contributed by atoms with Gasteiger partial charge in [-0.1, -0.05) is 35.9 Å². The van der Waals surface area contributed by atoms with Gasteiger partial charge in [0.05, 0.1) is 12.3 Å². The van der Waals surface area contributed by atoms with Gasteiger partial charge in [-0.05, 0) is 35.9 Å². The van der Waals surface area contributed by atoms with Crippen LogP contribution in [0.15, 0.2) is 54.3 Å². The van der Waals surface area contributed by atoms with Gasteiger partial charge in [0.25, 0.3) is 5.91 Å². The standard InChI is InChI=1S/C20H19ClN2O4/c1-26-10-9-22-19(24)13-23-16-7-2-3-8-17(16)27-18(20(23)25)12-14-5-4-6-15(21)11-14/h2-8,11-12H,9-10,13H2,1H3,(H,22,24). The van der Waals surface area contributed by atoms with E-state index in [9.17, 15) is 9.59 Å². The fraction of sp³-hybridized carbons (Fsp3) is 0.200. The first-order valence-electron chi connectivity index (χ1n) is 8.40. The predicted octanol–water partition coefficient (Wildman–Crippen LogP) is 2.87. The van der Waals surface area contributed by atoms with Crippen LogP contribution >= 0.6 is 11.6 Å². The van der Waals surface area contributed by atoms with Gasteiger partial charge in [0.2, 0.25) is 5.91 Å². The minimum Gasteiger partial charge on any atom is -0.449 e. The Balaban J connectivity index is 1.87. The highest BCUT2D eigenvalue weighted by Crippen LogP contribution is 2.35. The van der Waals surface area contributed by atoms with E-state index in [0.29, 0.717) is 29.6 Å². The van der Waals surface area contributed by atoms with Crippen LogP contribution in [0.5, 0.6) is 5.75 Å². The molecule has 1 aliphatic heterocycles. The second kappa shape index (κ2) is 8.70. The van der Waals surface area contributed by atoms with E-state index in [4.69, 9.17) is 21.1 Å². The summed E-state index contributed by atoms with van der Waals surface area (Å²) in [7, 11) is 1.56. The number of fused-ring (bicyclic) bond motifs is 1. The number of carbonyl (C=O) groups excluding carboxylic acids is 2. The fourth-order valence-electron chi connectivity index (χ4n) is 2.66. The van der Waals surface area contributed by atoms with Crippen LogP contribution in [0.3, 0.4) is 0 Å². The number of para-hydroxylation sites is 2. The summed E-state index contributed by atoms with van der Waals surface area (Å²) in [6.45, 7) is 0.663. The third-order valence-electron chi connectivity index (χ3n) is 3.91. The summed E-state index contributed by atoms with van der Waals surface area (Å²) in [6, 6.07) is 14.2. The molecular formula is C20H19ClN2O4. The molecule has 0 radical (unpaired) electrons. The van der Waals surface area contributed by atoms with Gasteiger partial charge in [0, 0.05) is 18.7 Å². The number of nitrogens with one attached hydrogen (secondary N) is 1. The lowest BCUT2D eigenvalue weighted by molar-refractivity contribution is -0.123. The van der Waals surface area contributed by atoms with E-state index in [-0.39, 0.29) is 18.2 Å². The molecular weight excluding hydrogens is 368 g/mol. The summed E-state index contributed by atoms with van der Waals surface area (Å²) in [5.74, 6) is -0.0366. The molecule has 0 spiro atoms. The van der Waals surface area contributed by atoms with Crippen molar-refractivity contribution in [2.45, 2.75) is 0 Å². The van der Waals surface area contributed by atoms with Crippen LogP contribution in [0, 0.1) is 0 Å². The molecule has 0 saturated carbocycles. The van der Waals surface area contributed by atoms with Crippen molar-refractivity contribution in [3.8, 4) is 5.75 Å². The summed E-state index contributed by atoms with van der Waals surface area (Å²) in [5, 5.41) is 3.28. The Morgan fingerprint density at radius 1 is 1.26 bits per heavy atom. The molecule has 1 aliphatic rings. The van der Waals surface area contributed by atoms with Gasteiger partial charge in [-0.15, -0.1) is 0 Å². The topological polar surface area (TPSA) is 67.9 Å². The number of halogens is 1. The Morgan fingerprint density at radius 2 is 2.07 bits per heavy atom. The van der Waals surface area contributed by atoms with Gasteiger partial charge < -0.3 is 14.8 Å². The molecule has 0 aliphatic carbocycles. The first-order valence-corrected chi connectivity index (χ1v) is 8.78. The maximum Gasteiger partial charge on any atom is 0.294 e. The number of benzene rings is 2. The fourth-order valence-corrected chi connectivity index (χ4v) is 2.86. The largest absolute Gasteiger partial charge is 0.449 e. The predicted molar refractivity (Wildman–Crippen MR) is 104 cm³/mol. The molecule has 1 N–H and O–H groups in total. The summed E-state index contributed by atoms with van der Waals surface area (Å²) in [6.07, 6.45) is 1.61. The van der Waals surface area contributed by atoms with Crippen LogP contribution < -0.4 is 15.0 Å². The average Bonchev–Trinajstić information content (AvgIpc) is 2.65. The van der Waals surface area contributed by atoms with E-state index in [1.807, 2.05) is 12.1 Å². The van der Waals surface area contributed by atoms with Gasteiger partial charge in [-0.2, -0.15) is 0 Å². The molecule has 6 nitrogen and oxygen atoms in total. The van der Waals surface area contributed by atoms with E-state index in [0.717, 1.165) is 5.56 Å². The summed E-state index contributed by atoms with van der Waals surface area (Å²) in [4.78, 5) is 26.6. The molecule has 0 saturated heterocycles. The number of hydrogen-bond acceptors (Lipinski definition) is 4. The number of methoxy groups -OCH3 is 1. The first-order chi connectivity index (χ1) is 13.1. The zero-order chi connectivity index (χ0) is 19.2. The molecule has 0 aromatic heterocycles. The molecule has 0 bridgehead atoms. The normalized spacial score (nSPS) is 14.7. The van der Waals surface area contributed by atoms with Gasteiger partial charge in [-0.25, -0.2) is 0 Å². The number of amides is 2. The molecule has 0 atom stereocenters. The molecule has 2 amide bonds. The van der Waals surface area contributed by atoms with Crippen molar-refractivity contribution in [1.82, 2.24) is 5.32 Å². The maximum absolute atomic E-state index is 12.9. The quantitative estimate of drug-likeness (QED) is 0.612. The van der Waals surface area contributed by atoms with Gasteiger partial charge >= 0.3 is 0 Å². The first kappa shape index (κ1) is 18.9. The zero-order valence-electron chi connectivity index (χ0n) is 14.8. The second-order valence-electron chi connectivity index (χ2n) is 5.87. The molecule has 2 aromatic carbocycles. The Bertz CT molecular complexity index is 882. The van der Waals surface area contributed by atoms with E-state index in [2.05, 4.69) is 5.32 Å². The van der Waals surface area contributed by atoms with Crippen molar-refractivity contribution in [2.75, 3.05) is 31.7 Å². The SMILES string of the molecule is COCCNC(=O)CN1C(=O)C(=Cc2cccc(Cl)c2)Oc2ccccc21. The van der Waals surface area contributed by atoms with Gasteiger partial charge in [-0.3, -0.25) is 14.5 Å². The smallest absolute Gasteiger partial charge is 0.294 e. The minimum atomic E-state index is -0.393. The van der Waals surface area contributed by atoms with Crippen molar-refractivity contribution in [3.63, 3.8) is 0 Å². The molecule has 3 rings (SSSR count). The summed E-state index contributed by atoms with van der Waals surface area (Å²) in [5.41, 5.74) is 1.28. The highest BCUT2D eigenvalue weighted by molar-refractivity contribution is 6.30. The summed E-state index contributed by atoms with van der Waals surface area (Å²) < 4.78 is 10.7. The lowest BCUT2D eigenvalue weighted by atomic mass is 10.1. The number of anilines is 1. The molecule has 0 unspecified atom stereocenters. The third kappa shape index (κ3) is 4.67. The van der Waals surface area contributed by atoms with Crippen LogP contribution in [-0.2, 0) is 14.3 Å². The van der Waals surface area contributed by atoms with Gasteiger partial charge in [0.1, 0.15) is 6.54 Å². The van der Waals surface area contributed by atoms with Crippen molar-refractivity contribution >= 4 is 35.2 Å². The molecule has 27 heavy (non-hydrogen) atoms. The van der Waals surface area contributed by atoms with Gasteiger partial charge in [0.15, 0.2) is 11.5 Å². The molecule has 2 aromatic rings. The molecule has 140 valence electrons. The Hall–Kier alpha value is -2.83. The van der Waals surface area contributed by atoms with E-state index in [1.165, 1.54) is 4.90 Å².